The molecule has 0 unspecified atom stereocenters. The van der Waals surface area contributed by atoms with Crippen molar-refractivity contribution >= 4 is 47.4 Å². The fourth-order valence-corrected chi connectivity index (χ4v) is 3.54. The third-order valence-electron chi connectivity index (χ3n) is 5.11. The van der Waals surface area contributed by atoms with E-state index in [1.165, 1.54) is 12.1 Å². The lowest BCUT2D eigenvalue weighted by molar-refractivity contribution is -0.122. The molecule has 1 aromatic heterocycles. The molecule has 10 nitrogen and oxygen atoms in total. The van der Waals surface area contributed by atoms with Gasteiger partial charge in [0.15, 0.2) is 23.2 Å². The number of anilines is 4. The number of ether oxygens (including phenoxy) is 1. The zero-order valence-electron chi connectivity index (χ0n) is 19.2. The molecule has 188 valence electrons. The van der Waals surface area contributed by atoms with Gasteiger partial charge in [-0.05, 0) is 48.6 Å². The number of nitrogens with zero attached hydrogens (tertiary/aromatic N) is 4. The molecule has 37 heavy (non-hydrogen) atoms. The van der Waals surface area contributed by atoms with Gasteiger partial charge in [-0.1, -0.05) is 6.58 Å². The number of benzene rings is 2. The van der Waals surface area contributed by atoms with Crippen LogP contribution in [-0.4, -0.2) is 46.4 Å². The van der Waals surface area contributed by atoms with Crippen LogP contribution in [0.4, 0.5) is 31.9 Å². The Morgan fingerprint density at radius 1 is 1.16 bits per heavy atom. The number of halogens is 2. The van der Waals surface area contributed by atoms with Gasteiger partial charge in [0.1, 0.15) is 11.6 Å². The summed E-state index contributed by atoms with van der Waals surface area (Å²) in [5, 5.41) is 12.7. The van der Waals surface area contributed by atoms with Crippen molar-refractivity contribution in [3.05, 3.63) is 84.3 Å². The van der Waals surface area contributed by atoms with E-state index < -0.39 is 11.6 Å². The third kappa shape index (κ3) is 5.75. The summed E-state index contributed by atoms with van der Waals surface area (Å²) in [6, 6.07) is 10.2. The van der Waals surface area contributed by atoms with E-state index in [2.05, 4.69) is 32.2 Å². The number of amidine groups is 1. The molecule has 0 atom stereocenters. The lowest BCUT2D eigenvalue weighted by atomic mass is 10.1. The average Bonchev–Trinajstić information content (AvgIpc) is 3.38. The molecule has 0 radical (unpaired) electrons. The SMILES string of the molecule is C=CC(=O)Nc1ccc(Nc2ncc3c(n2)N2CCN=C2C(Oc2ccc(F)cc2F)=C3)cc1.O=CO. The molecule has 3 heterocycles. The molecule has 0 saturated carbocycles. The maximum atomic E-state index is 14.1. The van der Waals surface area contributed by atoms with Crippen LogP contribution in [0.3, 0.4) is 0 Å². The number of nitrogens with one attached hydrogen (secondary N) is 2. The quantitative estimate of drug-likeness (QED) is 0.338. The van der Waals surface area contributed by atoms with Crippen molar-refractivity contribution in [2.45, 2.75) is 0 Å². The minimum Gasteiger partial charge on any atom is -0.483 e. The van der Waals surface area contributed by atoms with Gasteiger partial charge in [-0.3, -0.25) is 14.6 Å². The lowest BCUT2D eigenvalue weighted by Crippen LogP contribution is -2.34. The van der Waals surface area contributed by atoms with Crippen LogP contribution in [0, 0.1) is 11.6 Å². The highest BCUT2D eigenvalue weighted by Gasteiger charge is 2.31. The Morgan fingerprint density at radius 3 is 2.59 bits per heavy atom. The van der Waals surface area contributed by atoms with Crippen LogP contribution >= 0.6 is 0 Å². The van der Waals surface area contributed by atoms with Crippen LogP contribution < -0.4 is 20.3 Å². The second-order valence-electron chi connectivity index (χ2n) is 7.52. The van der Waals surface area contributed by atoms with Gasteiger partial charge in [0.05, 0.1) is 6.54 Å². The molecule has 0 spiro atoms. The molecule has 0 saturated heterocycles. The number of carbonyl (C=O) groups is 2. The largest absolute Gasteiger partial charge is 0.483 e. The van der Waals surface area contributed by atoms with Gasteiger partial charge >= 0.3 is 0 Å². The number of carboxylic acid groups (broad SMARTS) is 1. The van der Waals surface area contributed by atoms with E-state index in [1.807, 2.05) is 4.90 Å². The lowest BCUT2D eigenvalue weighted by Gasteiger charge is -2.27. The van der Waals surface area contributed by atoms with E-state index in [-0.39, 0.29) is 18.1 Å². The number of aliphatic imine (C=N–C) groups is 1. The van der Waals surface area contributed by atoms with Crippen LogP contribution in [-0.2, 0) is 9.59 Å². The zero-order valence-corrected chi connectivity index (χ0v) is 19.2. The Balaban J connectivity index is 0.00000102. The Hall–Kier alpha value is -5.13. The fraction of sp³-hybridized carbons (Fsp3) is 0.0800. The maximum absolute atomic E-state index is 14.1. The number of rotatable bonds is 6. The van der Waals surface area contributed by atoms with Crippen molar-refractivity contribution in [1.29, 1.82) is 0 Å². The minimum absolute atomic E-state index is 0.0995. The van der Waals surface area contributed by atoms with E-state index in [4.69, 9.17) is 14.6 Å². The van der Waals surface area contributed by atoms with Crippen LogP contribution in [0.25, 0.3) is 6.08 Å². The molecular weight excluding hydrogens is 486 g/mol. The smallest absolute Gasteiger partial charge is 0.290 e. The van der Waals surface area contributed by atoms with Gasteiger partial charge in [0, 0.05) is 35.7 Å². The van der Waals surface area contributed by atoms with E-state index in [0.29, 0.717) is 47.7 Å². The summed E-state index contributed by atoms with van der Waals surface area (Å²) in [6.07, 6.45) is 4.51. The van der Waals surface area contributed by atoms with Crippen LogP contribution in [0.1, 0.15) is 5.56 Å². The van der Waals surface area contributed by atoms with Crippen molar-refractivity contribution in [3.8, 4) is 5.75 Å². The first-order valence-corrected chi connectivity index (χ1v) is 10.8. The van der Waals surface area contributed by atoms with Crippen molar-refractivity contribution in [2.75, 3.05) is 28.6 Å². The highest BCUT2D eigenvalue weighted by atomic mass is 19.1. The first-order valence-electron chi connectivity index (χ1n) is 10.8. The van der Waals surface area contributed by atoms with Crippen molar-refractivity contribution in [1.82, 2.24) is 9.97 Å². The number of aromatic nitrogens is 2. The first kappa shape index (κ1) is 25.0. The molecule has 0 bridgehead atoms. The number of hydrogen-bond donors (Lipinski definition) is 3. The summed E-state index contributed by atoms with van der Waals surface area (Å²) in [5.41, 5.74) is 2.04. The van der Waals surface area contributed by atoms with E-state index in [1.54, 1.807) is 36.5 Å². The summed E-state index contributed by atoms with van der Waals surface area (Å²) in [7, 11) is 0. The Kier molecular flexibility index (Phi) is 7.48. The van der Waals surface area contributed by atoms with Gasteiger partial charge in [0.25, 0.3) is 6.47 Å². The third-order valence-corrected chi connectivity index (χ3v) is 5.11. The molecule has 0 aliphatic carbocycles. The summed E-state index contributed by atoms with van der Waals surface area (Å²) in [5.74, 6) is -0.0242. The van der Waals surface area contributed by atoms with Crippen molar-refractivity contribution < 1.29 is 28.2 Å². The van der Waals surface area contributed by atoms with E-state index in [9.17, 15) is 13.6 Å². The first-order chi connectivity index (χ1) is 17.9. The van der Waals surface area contributed by atoms with Gasteiger partial charge in [-0.2, -0.15) is 4.98 Å². The molecule has 2 aliphatic heterocycles. The number of amides is 1. The summed E-state index contributed by atoms with van der Waals surface area (Å²) < 4.78 is 33.1. The molecule has 3 N–H and O–H groups in total. The van der Waals surface area contributed by atoms with Crippen LogP contribution in [0.2, 0.25) is 0 Å². The van der Waals surface area contributed by atoms with Crippen LogP contribution in [0.5, 0.6) is 5.75 Å². The molecule has 2 aromatic carbocycles. The van der Waals surface area contributed by atoms with Gasteiger partial charge < -0.3 is 25.4 Å². The normalized spacial score (nSPS) is 13.1. The van der Waals surface area contributed by atoms with Crippen molar-refractivity contribution in [2.24, 2.45) is 4.99 Å². The molecule has 5 rings (SSSR count). The standard InChI is InChI=1S/C24H18F2N6O2.CH2O2/c1-2-21(33)29-16-4-6-17(7-5-16)30-24-28-13-14-11-20(23-27-9-10-32(23)22(14)31-24)34-19-8-3-15(25)12-18(19)26;2-1-3/h2-8,11-13H,1,9-10H2,(H,29,33)(H,28,30,31);1H,(H,2,3). The summed E-state index contributed by atoms with van der Waals surface area (Å²) >= 11 is 0. The Morgan fingerprint density at radius 2 is 1.89 bits per heavy atom. The fourth-order valence-electron chi connectivity index (χ4n) is 3.54. The van der Waals surface area contributed by atoms with Crippen molar-refractivity contribution in [3.63, 3.8) is 0 Å². The predicted octanol–water partition coefficient (Wildman–Crippen LogP) is 3.98. The van der Waals surface area contributed by atoms with E-state index in [0.717, 1.165) is 17.8 Å². The monoisotopic (exact) mass is 506 g/mol. The second kappa shape index (κ2) is 11.1. The summed E-state index contributed by atoms with van der Waals surface area (Å²) in [4.78, 5) is 35.1. The molecule has 2 aliphatic rings. The average molecular weight is 506 g/mol. The molecular formula is C25H20F2N6O4. The Labute approximate surface area is 209 Å². The molecule has 1 amide bonds. The van der Waals surface area contributed by atoms with Crippen LogP contribution in [0.15, 0.2) is 72.1 Å². The number of carbonyl (C=O) groups excluding carboxylic acids is 1. The minimum atomic E-state index is -0.803. The van der Waals surface area contributed by atoms with Gasteiger partial charge in [-0.15, -0.1) is 0 Å². The molecule has 0 fully saturated rings. The predicted molar refractivity (Wildman–Crippen MR) is 134 cm³/mol. The highest BCUT2D eigenvalue weighted by Crippen LogP contribution is 2.33. The summed E-state index contributed by atoms with van der Waals surface area (Å²) in [6.45, 7) is 4.27. The van der Waals surface area contributed by atoms with Gasteiger partial charge in [0.2, 0.25) is 11.9 Å². The number of hydrogen-bond acceptors (Lipinski definition) is 8. The molecule has 3 aromatic rings. The zero-order chi connectivity index (χ0) is 26.4. The Bertz CT molecular complexity index is 1410. The van der Waals surface area contributed by atoms with E-state index >= 15 is 0 Å². The second-order valence-corrected chi connectivity index (χ2v) is 7.52. The number of fused-ring (bicyclic) bond motifs is 3. The maximum Gasteiger partial charge on any atom is 0.290 e. The highest BCUT2D eigenvalue weighted by molar-refractivity contribution is 6.15. The van der Waals surface area contributed by atoms with Gasteiger partial charge in [-0.25, -0.2) is 13.8 Å². The molecule has 12 heteroatoms. The topological polar surface area (TPSA) is 129 Å².